The molecule has 3 amide bonds. The second-order valence-corrected chi connectivity index (χ2v) is 8.99. The van der Waals surface area contributed by atoms with Crippen LogP contribution >= 0.6 is 0 Å². The maximum atomic E-state index is 13.0. The highest BCUT2D eigenvalue weighted by Crippen LogP contribution is 2.24. The molecule has 1 atom stereocenters. The van der Waals surface area contributed by atoms with Crippen molar-refractivity contribution in [3.63, 3.8) is 0 Å². The SMILES string of the molecule is CC(C)Cc1cc(C(=O)N2CCCNC(=O)CCC(c3ccccc3)CCNC(=O)C2)no1. The van der Waals surface area contributed by atoms with Crippen LogP contribution in [0.5, 0.6) is 0 Å². The summed E-state index contributed by atoms with van der Waals surface area (Å²) < 4.78 is 5.29. The summed E-state index contributed by atoms with van der Waals surface area (Å²) in [6, 6.07) is 11.7. The number of carbonyl (C=O) groups is 3. The van der Waals surface area contributed by atoms with Crippen molar-refractivity contribution < 1.29 is 18.9 Å². The van der Waals surface area contributed by atoms with Gasteiger partial charge in [-0.1, -0.05) is 49.3 Å². The quantitative estimate of drug-likeness (QED) is 0.739. The minimum absolute atomic E-state index is 0.00438. The number of amides is 3. The summed E-state index contributed by atoms with van der Waals surface area (Å²) in [6.07, 6.45) is 3.10. The van der Waals surface area contributed by atoms with E-state index >= 15 is 0 Å². The molecule has 1 aliphatic rings. The van der Waals surface area contributed by atoms with Crippen LogP contribution in [0.2, 0.25) is 0 Å². The van der Waals surface area contributed by atoms with E-state index in [1.807, 2.05) is 18.2 Å². The van der Waals surface area contributed by atoms with Crippen LogP contribution in [0.25, 0.3) is 0 Å². The molecule has 2 aromatic rings. The summed E-state index contributed by atoms with van der Waals surface area (Å²) in [5.74, 6) is 0.660. The Morgan fingerprint density at radius 3 is 2.64 bits per heavy atom. The monoisotopic (exact) mass is 454 g/mol. The summed E-state index contributed by atoms with van der Waals surface area (Å²) in [6.45, 7) is 5.32. The Labute approximate surface area is 195 Å². The first-order valence-corrected chi connectivity index (χ1v) is 11.8. The van der Waals surface area contributed by atoms with E-state index in [0.717, 1.165) is 18.4 Å². The van der Waals surface area contributed by atoms with Gasteiger partial charge in [0, 0.05) is 38.5 Å². The molecule has 0 aliphatic carbocycles. The van der Waals surface area contributed by atoms with Crippen molar-refractivity contribution in [3.05, 3.63) is 53.4 Å². The number of benzene rings is 1. The van der Waals surface area contributed by atoms with E-state index < -0.39 is 0 Å². The molecule has 0 radical (unpaired) electrons. The second kappa shape index (κ2) is 12.2. The van der Waals surface area contributed by atoms with E-state index in [9.17, 15) is 14.4 Å². The maximum absolute atomic E-state index is 13.0. The molecule has 2 heterocycles. The standard InChI is InChI=1S/C25H34N4O4/c1-18(2)15-21-16-22(28-33-21)25(32)29-14-6-12-26-23(30)10-9-20(11-13-27-24(31)17-29)19-7-4-3-5-8-19/h3-5,7-8,16,18,20H,6,9-15,17H2,1-2H3,(H,26,30)(H,27,31). The zero-order chi connectivity index (χ0) is 23.6. The summed E-state index contributed by atoms with van der Waals surface area (Å²) in [5.41, 5.74) is 1.36. The first-order valence-electron chi connectivity index (χ1n) is 11.8. The molecule has 1 aromatic carbocycles. The van der Waals surface area contributed by atoms with Gasteiger partial charge in [0.2, 0.25) is 11.8 Å². The lowest BCUT2D eigenvalue weighted by molar-refractivity contribution is -0.123. The van der Waals surface area contributed by atoms with Crippen LogP contribution in [0.3, 0.4) is 0 Å². The van der Waals surface area contributed by atoms with E-state index in [2.05, 4.69) is 41.8 Å². The number of aromatic nitrogens is 1. The van der Waals surface area contributed by atoms with Gasteiger partial charge in [0.1, 0.15) is 5.76 Å². The molecule has 0 bridgehead atoms. The van der Waals surface area contributed by atoms with Crippen molar-refractivity contribution in [2.75, 3.05) is 26.2 Å². The Morgan fingerprint density at radius 2 is 1.88 bits per heavy atom. The number of hydrogen-bond donors (Lipinski definition) is 2. The van der Waals surface area contributed by atoms with Crippen molar-refractivity contribution in [2.45, 2.75) is 51.9 Å². The van der Waals surface area contributed by atoms with Crippen LogP contribution < -0.4 is 10.6 Å². The molecule has 33 heavy (non-hydrogen) atoms. The molecule has 1 fully saturated rings. The Morgan fingerprint density at radius 1 is 1.12 bits per heavy atom. The molecule has 8 heteroatoms. The first kappa shape index (κ1) is 24.5. The largest absolute Gasteiger partial charge is 0.361 e. The van der Waals surface area contributed by atoms with Gasteiger partial charge in [-0.3, -0.25) is 14.4 Å². The second-order valence-electron chi connectivity index (χ2n) is 8.99. The van der Waals surface area contributed by atoms with Crippen molar-refractivity contribution in [2.24, 2.45) is 5.92 Å². The molecule has 1 unspecified atom stereocenters. The van der Waals surface area contributed by atoms with E-state index in [1.54, 1.807) is 6.07 Å². The van der Waals surface area contributed by atoms with Crippen molar-refractivity contribution in [1.82, 2.24) is 20.7 Å². The fourth-order valence-corrected chi connectivity index (χ4v) is 4.04. The third kappa shape index (κ3) is 7.73. The fraction of sp³-hybridized carbons (Fsp3) is 0.520. The lowest BCUT2D eigenvalue weighted by Crippen LogP contribution is -2.42. The van der Waals surface area contributed by atoms with Crippen LogP contribution in [0.1, 0.15) is 67.3 Å². The highest BCUT2D eigenvalue weighted by atomic mass is 16.5. The molecule has 2 N–H and O–H groups in total. The van der Waals surface area contributed by atoms with Crippen molar-refractivity contribution in [3.8, 4) is 0 Å². The number of rotatable bonds is 4. The van der Waals surface area contributed by atoms with Gasteiger partial charge in [-0.05, 0) is 36.7 Å². The lowest BCUT2D eigenvalue weighted by Gasteiger charge is -2.23. The zero-order valence-corrected chi connectivity index (χ0v) is 19.5. The molecule has 0 spiro atoms. The molecule has 1 aromatic heterocycles. The third-order valence-electron chi connectivity index (χ3n) is 5.74. The topological polar surface area (TPSA) is 105 Å². The Kier molecular flexibility index (Phi) is 9.04. The number of carbonyl (C=O) groups excluding carboxylic acids is 3. The Balaban J connectivity index is 1.67. The smallest absolute Gasteiger partial charge is 0.276 e. The van der Waals surface area contributed by atoms with Crippen LogP contribution in [0, 0.1) is 5.92 Å². The highest BCUT2D eigenvalue weighted by Gasteiger charge is 2.23. The van der Waals surface area contributed by atoms with Crippen molar-refractivity contribution >= 4 is 17.7 Å². The van der Waals surface area contributed by atoms with E-state index in [1.165, 1.54) is 4.90 Å². The highest BCUT2D eigenvalue weighted by molar-refractivity contribution is 5.94. The number of nitrogens with zero attached hydrogens (tertiary/aromatic N) is 2. The van der Waals surface area contributed by atoms with Crippen molar-refractivity contribution in [1.29, 1.82) is 0 Å². The third-order valence-corrected chi connectivity index (χ3v) is 5.74. The number of hydrogen-bond acceptors (Lipinski definition) is 5. The van der Waals surface area contributed by atoms with E-state index in [4.69, 9.17) is 4.52 Å². The summed E-state index contributed by atoms with van der Waals surface area (Å²) in [4.78, 5) is 39.4. The van der Waals surface area contributed by atoms with Gasteiger partial charge in [0.15, 0.2) is 5.69 Å². The van der Waals surface area contributed by atoms with Crippen LogP contribution in [-0.4, -0.2) is 54.0 Å². The lowest BCUT2D eigenvalue weighted by atomic mass is 9.91. The van der Waals surface area contributed by atoms with Gasteiger partial charge in [-0.2, -0.15) is 0 Å². The van der Waals surface area contributed by atoms with Crippen LogP contribution in [0.15, 0.2) is 40.9 Å². The van der Waals surface area contributed by atoms with Gasteiger partial charge in [-0.15, -0.1) is 0 Å². The van der Waals surface area contributed by atoms with Gasteiger partial charge in [0.05, 0.1) is 6.54 Å². The van der Waals surface area contributed by atoms with Crippen LogP contribution in [-0.2, 0) is 16.0 Å². The Bertz CT molecular complexity index is 925. The van der Waals surface area contributed by atoms with Gasteiger partial charge < -0.3 is 20.1 Å². The zero-order valence-electron chi connectivity index (χ0n) is 19.5. The minimum atomic E-state index is -0.343. The summed E-state index contributed by atoms with van der Waals surface area (Å²) in [7, 11) is 0. The molecule has 8 nitrogen and oxygen atoms in total. The molecule has 1 saturated heterocycles. The summed E-state index contributed by atoms with van der Waals surface area (Å²) >= 11 is 0. The molecule has 3 rings (SSSR count). The maximum Gasteiger partial charge on any atom is 0.276 e. The number of nitrogens with one attached hydrogen (secondary N) is 2. The predicted molar refractivity (Wildman–Crippen MR) is 125 cm³/mol. The molecule has 178 valence electrons. The Hall–Kier alpha value is -3.16. The van der Waals surface area contributed by atoms with Crippen LogP contribution in [0.4, 0.5) is 0 Å². The van der Waals surface area contributed by atoms with E-state index in [-0.39, 0.29) is 35.9 Å². The minimum Gasteiger partial charge on any atom is -0.361 e. The molecule has 1 aliphatic heterocycles. The fourth-order valence-electron chi connectivity index (χ4n) is 4.04. The first-order chi connectivity index (χ1) is 15.9. The predicted octanol–water partition coefficient (Wildman–Crippen LogP) is 2.91. The average molecular weight is 455 g/mol. The molecular formula is C25H34N4O4. The van der Waals surface area contributed by atoms with Gasteiger partial charge in [-0.25, -0.2) is 0 Å². The van der Waals surface area contributed by atoms with Gasteiger partial charge >= 0.3 is 0 Å². The molecule has 0 saturated carbocycles. The average Bonchev–Trinajstić information content (AvgIpc) is 3.25. The van der Waals surface area contributed by atoms with E-state index in [0.29, 0.717) is 50.6 Å². The molecular weight excluding hydrogens is 420 g/mol. The van der Waals surface area contributed by atoms with Gasteiger partial charge in [0.25, 0.3) is 5.91 Å². The summed E-state index contributed by atoms with van der Waals surface area (Å²) in [5, 5.41) is 9.79. The normalized spacial score (nSPS) is 19.0.